The topological polar surface area (TPSA) is 74.6 Å². The summed E-state index contributed by atoms with van der Waals surface area (Å²) >= 11 is 0. The van der Waals surface area contributed by atoms with Crippen LogP contribution in [0, 0.1) is 0 Å². The van der Waals surface area contributed by atoms with Crippen LogP contribution < -0.4 is 0 Å². The molecule has 0 aliphatic heterocycles. The Morgan fingerprint density at radius 3 is 1.92 bits per heavy atom. The molecule has 0 radical (unpaired) electrons. The zero-order chi connectivity index (χ0) is 19.2. The normalized spacial score (nSPS) is 18.1. The molecule has 2 N–H and O–H groups in total. The SMILES string of the molecule is CCCCCCCCCCCCC=CCC(O)=C1C(=O)CC(O)CC1=O. The van der Waals surface area contributed by atoms with E-state index in [2.05, 4.69) is 6.92 Å². The van der Waals surface area contributed by atoms with Crippen LogP contribution in [0.15, 0.2) is 23.5 Å². The van der Waals surface area contributed by atoms with Crippen LogP contribution in [0.2, 0.25) is 0 Å². The van der Waals surface area contributed by atoms with E-state index in [4.69, 9.17) is 0 Å². The van der Waals surface area contributed by atoms with Gasteiger partial charge in [-0.2, -0.15) is 0 Å². The zero-order valence-corrected chi connectivity index (χ0v) is 16.3. The Balaban J connectivity index is 2.09. The molecule has 0 saturated heterocycles. The van der Waals surface area contributed by atoms with Gasteiger partial charge in [-0.05, 0) is 12.8 Å². The Morgan fingerprint density at radius 1 is 0.885 bits per heavy atom. The van der Waals surface area contributed by atoms with E-state index in [1.807, 2.05) is 12.2 Å². The predicted molar refractivity (Wildman–Crippen MR) is 105 cm³/mol. The molecular formula is C22H36O4. The second-order valence-corrected chi connectivity index (χ2v) is 7.38. The Bertz CT molecular complexity index is 470. The van der Waals surface area contributed by atoms with Gasteiger partial charge in [-0.3, -0.25) is 9.59 Å². The van der Waals surface area contributed by atoms with Crippen LogP contribution in [0.1, 0.15) is 96.8 Å². The molecule has 0 aromatic heterocycles. The van der Waals surface area contributed by atoms with Crippen LogP contribution in [0.5, 0.6) is 0 Å². The largest absolute Gasteiger partial charge is 0.511 e. The van der Waals surface area contributed by atoms with E-state index in [1.54, 1.807) is 0 Å². The second-order valence-electron chi connectivity index (χ2n) is 7.38. The Hall–Kier alpha value is -1.42. The first kappa shape index (κ1) is 22.6. The van der Waals surface area contributed by atoms with E-state index in [-0.39, 0.29) is 30.6 Å². The number of rotatable bonds is 13. The number of hydrogen-bond donors (Lipinski definition) is 2. The van der Waals surface area contributed by atoms with Gasteiger partial charge in [0.1, 0.15) is 5.76 Å². The van der Waals surface area contributed by atoms with Crippen molar-refractivity contribution in [2.24, 2.45) is 0 Å². The summed E-state index contributed by atoms with van der Waals surface area (Å²) in [6.07, 6.45) is 17.0. The molecule has 1 saturated carbocycles. The highest BCUT2D eigenvalue weighted by Crippen LogP contribution is 2.21. The highest BCUT2D eigenvalue weighted by Gasteiger charge is 2.31. The molecule has 1 rings (SSSR count). The standard InChI is InChI=1S/C22H36O4/c1-2-3-4-5-6-7-8-9-10-11-12-13-14-15-19(24)22-20(25)16-18(23)17-21(22)26/h13-14,18,23-24H,2-12,15-17H2,1H3. The van der Waals surface area contributed by atoms with Crippen molar-refractivity contribution in [1.82, 2.24) is 0 Å². The number of hydrogen-bond acceptors (Lipinski definition) is 4. The van der Waals surface area contributed by atoms with Crippen LogP contribution >= 0.6 is 0 Å². The minimum absolute atomic E-state index is 0.0759. The van der Waals surface area contributed by atoms with Crippen molar-refractivity contribution < 1.29 is 19.8 Å². The highest BCUT2D eigenvalue weighted by atomic mass is 16.3. The number of unbranched alkanes of at least 4 members (excludes halogenated alkanes) is 10. The first-order valence-electron chi connectivity index (χ1n) is 10.4. The smallest absolute Gasteiger partial charge is 0.172 e. The zero-order valence-electron chi connectivity index (χ0n) is 16.3. The number of carbonyl (C=O) groups excluding carboxylic acids is 2. The van der Waals surface area contributed by atoms with Crippen LogP contribution in [-0.4, -0.2) is 27.9 Å². The molecule has 4 heteroatoms. The number of Topliss-reactive ketones (excluding diaryl/α,β-unsaturated/α-hetero) is 2. The number of allylic oxidation sites excluding steroid dienone is 3. The van der Waals surface area contributed by atoms with E-state index in [1.165, 1.54) is 57.8 Å². The molecule has 26 heavy (non-hydrogen) atoms. The van der Waals surface area contributed by atoms with Gasteiger partial charge in [-0.25, -0.2) is 0 Å². The lowest BCUT2D eigenvalue weighted by Gasteiger charge is -2.17. The fourth-order valence-corrected chi connectivity index (χ4v) is 3.35. The summed E-state index contributed by atoms with van der Waals surface area (Å²) < 4.78 is 0. The molecule has 0 spiro atoms. The maximum atomic E-state index is 11.8. The van der Waals surface area contributed by atoms with Crippen LogP contribution in [0.25, 0.3) is 0 Å². The van der Waals surface area contributed by atoms with Crippen molar-refractivity contribution >= 4 is 11.6 Å². The van der Waals surface area contributed by atoms with Gasteiger partial charge in [0.25, 0.3) is 0 Å². The molecule has 0 heterocycles. The third-order valence-corrected chi connectivity index (χ3v) is 4.89. The highest BCUT2D eigenvalue weighted by molar-refractivity contribution is 6.22. The van der Waals surface area contributed by atoms with Crippen molar-refractivity contribution in [3.63, 3.8) is 0 Å². The average molecular weight is 365 g/mol. The van der Waals surface area contributed by atoms with Crippen molar-refractivity contribution in [1.29, 1.82) is 0 Å². The average Bonchev–Trinajstić information content (AvgIpc) is 2.58. The molecule has 0 bridgehead atoms. The maximum Gasteiger partial charge on any atom is 0.172 e. The lowest BCUT2D eigenvalue weighted by Crippen LogP contribution is -2.30. The molecule has 1 aliphatic rings. The summed E-state index contributed by atoms with van der Waals surface area (Å²) in [6.45, 7) is 2.24. The fourth-order valence-electron chi connectivity index (χ4n) is 3.35. The first-order valence-corrected chi connectivity index (χ1v) is 10.4. The minimum Gasteiger partial charge on any atom is -0.511 e. The quantitative estimate of drug-likeness (QED) is 0.152. The van der Waals surface area contributed by atoms with Crippen LogP contribution in [0.3, 0.4) is 0 Å². The lowest BCUT2D eigenvalue weighted by atomic mass is 9.89. The lowest BCUT2D eigenvalue weighted by molar-refractivity contribution is -0.127. The van der Waals surface area contributed by atoms with E-state index >= 15 is 0 Å². The number of ketones is 2. The Morgan fingerprint density at radius 2 is 1.38 bits per heavy atom. The molecule has 0 amide bonds. The Labute approximate surface area is 158 Å². The molecular weight excluding hydrogens is 328 g/mol. The third kappa shape index (κ3) is 9.33. The van der Waals surface area contributed by atoms with Gasteiger partial charge in [0, 0.05) is 19.3 Å². The summed E-state index contributed by atoms with van der Waals surface area (Å²) in [5.41, 5.74) is -0.112. The van der Waals surface area contributed by atoms with Crippen molar-refractivity contribution in [3.05, 3.63) is 23.5 Å². The Kier molecular flexibility index (Phi) is 12.0. The van der Waals surface area contributed by atoms with Crippen molar-refractivity contribution in [2.75, 3.05) is 0 Å². The molecule has 0 aromatic carbocycles. The monoisotopic (exact) mass is 364 g/mol. The minimum atomic E-state index is -0.904. The van der Waals surface area contributed by atoms with Crippen LogP contribution in [-0.2, 0) is 9.59 Å². The maximum absolute atomic E-state index is 11.8. The molecule has 1 aliphatic carbocycles. The van der Waals surface area contributed by atoms with E-state index < -0.39 is 17.7 Å². The summed E-state index contributed by atoms with van der Waals surface area (Å²) in [7, 11) is 0. The molecule has 0 atom stereocenters. The van der Waals surface area contributed by atoms with Crippen molar-refractivity contribution in [3.8, 4) is 0 Å². The van der Waals surface area contributed by atoms with Gasteiger partial charge in [-0.15, -0.1) is 0 Å². The number of aliphatic hydroxyl groups is 2. The molecule has 4 nitrogen and oxygen atoms in total. The molecule has 148 valence electrons. The van der Waals surface area contributed by atoms with Crippen molar-refractivity contribution in [2.45, 2.75) is 103 Å². The van der Waals surface area contributed by atoms with Gasteiger partial charge in [0.15, 0.2) is 11.6 Å². The molecule has 0 unspecified atom stereocenters. The van der Waals surface area contributed by atoms with E-state index in [9.17, 15) is 19.8 Å². The second kappa shape index (κ2) is 13.7. The number of carbonyl (C=O) groups is 2. The molecule has 0 aromatic rings. The number of aliphatic hydroxyl groups excluding tert-OH is 2. The fraction of sp³-hybridized carbons (Fsp3) is 0.727. The van der Waals surface area contributed by atoms with E-state index in [0.717, 1.165) is 12.8 Å². The summed E-state index contributed by atoms with van der Waals surface area (Å²) in [4.78, 5) is 23.5. The van der Waals surface area contributed by atoms with E-state index in [0.29, 0.717) is 0 Å². The summed E-state index contributed by atoms with van der Waals surface area (Å²) in [5.74, 6) is -1.06. The van der Waals surface area contributed by atoms with Gasteiger partial charge < -0.3 is 10.2 Å². The molecule has 1 fully saturated rings. The van der Waals surface area contributed by atoms with Gasteiger partial charge in [-0.1, -0.05) is 76.9 Å². The van der Waals surface area contributed by atoms with Crippen LogP contribution in [0.4, 0.5) is 0 Å². The first-order chi connectivity index (χ1) is 12.6. The summed E-state index contributed by atoms with van der Waals surface area (Å²) in [6, 6.07) is 0. The van der Waals surface area contributed by atoms with Gasteiger partial charge in [0.05, 0.1) is 11.7 Å². The van der Waals surface area contributed by atoms with Gasteiger partial charge >= 0.3 is 0 Å². The third-order valence-electron chi connectivity index (χ3n) is 4.89. The predicted octanol–water partition coefficient (Wildman–Crippen LogP) is 5.35. The summed E-state index contributed by atoms with van der Waals surface area (Å²) in [5, 5.41) is 19.4. The van der Waals surface area contributed by atoms with Gasteiger partial charge in [0.2, 0.25) is 0 Å².